The molecule has 1 heterocycles. The fourth-order valence-corrected chi connectivity index (χ4v) is 3.42. The van der Waals surface area contributed by atoms with Crippen LogP contribution in [0.5, 0.6) is 0 Å². The Hall–Kier alpha value is -1.30. The number of carbonyl (C=O) groups is 2. The number of alkyl carbamates (subject to hydrolysis) is 1. The van der Waals surface area contributed by atoms with Crippen LogP contribution in [0.4, 0.5) is 4.79 Å². The van der Waals surface area contributed by atoms with Gasteiger partial charge in [0.15, 0.2) is 0 Å². The summed E-state index contributed by atoms with van der Waals surface area (Å²) in [6.45, 7) is 6.33. The predicted octanol–water partition coefficient (Wildman–Crippen LogP) is 2.05. The summed E-state index contributed by atoms with van der Waals surface area (Å²) in [5.41, 5.74) is -0.589. The van der Waals surface area contributed by atoms with Gasteiger partial charge >= 0.3 is 6.09 Å². The Morgan fingerprint density at radius 3 is 2.35 bits per heavy atom. The summed E-state index contributed by atoms with van der Waals surface area (Å²) >= 11 is 0. The number of hydrogen-bond acceptors (Lipinski definition) is 4. The molecular formula is C17H30N2O4. The van der Waals surface area contributed by atoms with Gasteiger partial charge in [-0.05, 0) is 46.0 Å². The fourth-order valence-electron chi connectivity index (χ4n) is 3.42. The lowest BCUT2D eigenvalue weighted by atomic mass is 9.83. The van der Waals surface area contributed by atoms with Gasteiger partial charge in [0.1, 0.15) is 11.6 Å². The number of nitrogens with zero attached hydrogens (tertiary/aromatic N) is 1. The molecule has 2 fully saturated rings. The molecule has 0 spiro atoms. The van der Waals surface area contributed by atoms with E-state index in [0.717, 1.165) is 25.7 Å². The molecule has 1 saturated heterocycles. The molecule has 1 aliphatic heterocycles. The van der Waals surface area contributed by atoms with Crippen molar-refractivity contribution < 1.29 is 19.4 Å². The number of aliphatic hydroxyl groups excluding tert-OH is 1. The lowest BCUT2D eigenvalue weighted by molar-refractivity contribution is -0.134. The van der Waals surface area contributed by atoms with Crippen LogP contribution in [0.15, 0.2) is 0 Å². The third-order valence-electron chi connectivity index (χ3n) is 4.53. The van der Waals surface area contributed by atoms with Gasteiger partial charge in [-0.3, -0.25) is 4.79 Å². The van der Waals surface area contributed by atoms with Crippen molar-refractivity contribution in [1.82, 2.24) is 10.2 Å². The SMILES string of the molecule is CC(C)(C)OC(=O)N[C@H](C(=O)N1CC[C@H](O)C1)C1CCCCC1. The Kier molecular flexibility index (Phi) is 5.89. The van der Waals surface area contributed by atoms with Crippen molar-refractivity contribution in [2.45, 2.75) is 77.0 Å². The Morgan fingerprint density at radius 1 is 1.17 bits per heavy atom. The van der Waals surface area contributed by atoms with Crippen molar-refractivity contribution >= 4 is 12.0 Å². The molecule has 23 heavy (non-hydrogen) atoms. The minimum Gasteiger partial charge on any atom is -0.444 e. The lowest BCUT2D eigenvalue weighted by Gasteiger charge is -2.33. The molecule has 0 radical (unpaired) electrons. The van der Waals surface area contributed by atoms with Gasteiger partial charge < -0.3 is 20.1 Å². The summed E-state index contributed by atoms with van der Waals surface area (Å²) in [4.78, 5) is 26.6. The molecular weight excluding hydrogens is 296 g/mol. The third kappa shape index (κ3) is 5.37. The molecule has 1 aliphatic carbocycles. The molecule has 0 aromatic heterocycles. The largest absolute Gasteiger partial charge is 0.444 e. The Labute approximate surface area is 138 Å². The first-order valence-corrected chi connectivity index (χ1v) is 8.72. The monoisotopic (exact) mass is 326 g/mol. The molecule has 6 nitrogen and oxygen atoms in total. The average molecular weight is 326 g/mol. The number of nitrogens with one attached hydrogen (secondary N) is 1. The smallest absolute Gasteiger partial charge is 0.408 e. The molecule has 1 saturated carbocycles. The van der Waals surface area contributed by atoms with Crippen LogP contribution in [-0.2, 0) is 9.53 Å². The minimum atomic E-state index is -0.589. The normalized spacial score (nSPS) is 24.3. The van der Waals surface area contributed by atoms with Crippen LogP contribution in [0.2, 0.25) is 0 Å². The summed E-state index contributed by atoms with van der Waals surface area (Å²) in [5.74, 6) is 0.0702. The maximum Gasteiger partial charge on any atom is 0.408 e. The molecule has 2 aliphatic rings. The van der Waals surface area contributed by atoms with E-state index in [2.05, 4.69) is 5.32 Å². The summed E-state index contributed by atoms with van der Waals surface area (Å²) in [6.07, 6.45) is 4.88. The van der Waals surface area contributed by atoms with E-state index in [4.69, 9.17) is 4.74 Å². The van der Waals surface area contributed by atoms with E-state index in [9.17, 15) is 14.7 Å². The molecule has 0 unspecified atom stereocenters. The number of hydrogen-bond donors (Lipinski definition) is 2. The fraction of sp³-hybridized carbons (Fsp3) is 0.882. The molecule has 0 aromatic rings. The van der Waals surface area contributed by atoms with Crippen LogP contribution in [0.25, 0.3) is 0 Å². The van der Waals surface area contributed by atoms with E-state index in [1.54, 1.807) is 25.7 Å². The first kappa shape index (κ1) is 18.0. The maximum atomic E-state index is 12.8. The van der Waals surface area contributed by atoms with Crippen LogP contribution < -0.4 is 5.32 Å². The standard InChI is InChI=1S/C17H30N2O4/c1-17(2,3)23-16(22)18-14(12-7-5-4-6-8-12)15(21)19-10-9-13(20)11-19/h12-14,20H,4-11H2,1-3H3,(H,18,22)/t13-,14-/m0/s1. The topological polar surface area (TPSA) is 78.9 Å². The van der Waals surface area contributed by atoms with Gasteiger partial charge in [0, 0.05) is 13.1 Å². The van der Waals surface area contributed by atoms with E-state index in [-0.39, 0.29) is 11.8 Å². The molecule has 2 atom stereocenters. The van der Waals surface area contributed by atoms with Gasteiger partial charge in [0.05, 0.1) is 6.10 Å². The molecule has 2 N–H and O–H groups in total. The van der Waals surface area contributed by atoms with Gasteiger partial charge in [0.2, 0.25) is 5.91 Å². The van der Waals surface area contributed by atoms with E-state index in [1.807, 2.05) is 0 Å². The molecule has 2 rings (SSSR count). The zero-order chi connectivity index (χ0) is 17.0. The summed E-state index contributed by atoms with van der Waals surface area (Å²) < 4.78 is 5.32. The van der Waals surface area contributed by atoms with Gasteiger partial charge in [-0.25, -0.2) is 4.79 Å². The van der Waals surface area contributed by atoms with Crippen molar-refractivity contribution in [3.05, 3.63) is 0 Å². The van der Waals surface area contributed by atoms with Crippen molar-refractivity contribution in [1.29, 1.82) is 0 Å². The summed E-state index contributed by atoms with van der Waals surface area (Å²) in [5, 5.41) is 12.5. The van der Waals surface area contributed by atoms with E-state index in [0.29, 0.717) is 19.5 Å². The number of rotatable bonds is 3. The Morgan fingerprint density at radius 2 is 1.83 bits per heavy atom. The number of β-amino-alcohol motifs (C(OH)–C–C–N with tert-alkyl or cyclic N) is 1. The molecule has 0 aromatic carbocycles. The van der Waals surface area contributed by atoms with Crippen LogP contribution >= 0.6 is 0 Å². The number of aliphatic hydroxyl groups is 1. The molecule has 2 amide bonds. The number of carbonyl (C=O) groups excluding carboxylic acids is 2. The van der Waals surface area contributed by atoms with Gasteiger partial charge in [0.25, 0.3) is 0 Å². The second-order valence-electron chi connectivity index (χ2n) is 7.75. The van der Waals surface area contributed by atoms with Gasteiger partial charge in [-0.15, -0.1) is 0 Å². The maximum absolute atomic E-state index is 12.8. The zero-order valence-electron chi connectivity index (χ0n) is 14.5. The number of likely N-dealkylation sites (tertiary alicyclic amines) is 1. The van der Waals surface area contributed by atoms with Crippen LogP contribution in [-0.4, -0.2) is 52.8 Å². The highest BCUT2D eigenvalue weighted by Gasteiger charge is 2.37. The quantitative estimate of drug-likeness (QED) is 0.832. The number of amides is 2. The minimum absolute atomic E-state index is 0.0840. The van der Waals surface area contributed by atoms with Gasteiger partial charge in [-0.1, -0.05) is 19.3 Å². The zero-order valence-corrected chi connectivity index (χ0v) is 14.5. The number of ether oxygens (including phenoxy) is 1. The van der Waals surface area contributed by atoms with Crippen molar-refractivity contribution in [2.75, 3.05) is 13.1 Å². The van der Waals surface area contributed by atoms with Crippen molar-refractivity contribution in [3.8, 4) is 0 Å². The molecule has 132 valence electrons. The first-order chi connectivity index (χ1) is 10.8. The Bertz CT molecular complexity index is 427. The molecule has 0 bridgehead atoms. The molecule has 6 heteroatoms. The van der Waals surface area contributed by atoms with Crippen LogP contribution in [0.3, 0.4) is 0 Å². The second kappa shape index (κ2) is 7.51. The second-order valence-corrected chi connectivity index (χ2v) is 7.75. The summed E-state index contributed by atoms with van der Waals surface area (Å²) in [7, 11) is 0. The van der Waals surface area contributed by atoms with Gasteiger partial charge in [-0.2, -0.15) is 0 Å². The van der Waals surface area contributed by atoms with Crippen molar-refractivity contribution in [3.63, 3.8) is 0 Å². The van der Waals surface area contributed by atoms with E-state index >= 15 is 0 Å². The highest BCUT2D eigenvalue weighted by Crippen LogP contribution is 2.28. The highest BCUT2D eigenvalue weighted by molar-refractivity contribution is 5.86. The highest BCUT2D eigenvalue weighted by atomic mass is 16.6. The van der Waals surface area contributed by atoms with Crippen LogP contribution in [0.1, 0.15) is 59.3 Å². The Balaban J connectivity index is 2.04. The summed E-state index contributed by atoms with van der Waals surface area (Å²) in [6, 6.07) is -0.546. The van der Waals surface area contributed by atoms with E-state index in [1.165, 1.54) is 6.42 Å². The predicted molar refractivity (Wildman–Crippen MR) is 86.9 cm³/mol. The van der Waals surface area contributed by atoms with Crippen LogP contribution in [0, 0.1) is 5.92 Å². The average Bonchev–Trinajstić information content (AvgIpc) is 2.90. The van der Waals surface area contributed by atoms with Crippen molar-refractivity contribution in [2.24, 2.45) is 5.92 Å². The lowest BCUT2D eigenvalue weighted by Crippen LogP contribution is -2.53. The van der Waals surface area contributed by atoms with E-state index < -0.39 is 23.8 Å². The third-order valence-corrected chi connectivity index (χ3v) is 4.53. The first-order valence-electron chi connectivity index (χ1n) is 8.72.